The van der Waals surface area contributed by atoms with Gasteiger partial charge in [0.25, 0.3) is 0 Å². The molecule has 1 atom stereocenters. The van der Waals surface area contributed by atoms with Gasteiger partial charge in [-0.15, -0.1) is 0 Å². The van der Waals surface area contributed by atoms with E-state index >= 15 is 0 Å². The zero-order valence-electron chi connectivity index (χ0n) is 9.02. The summed E-state index contributed by atoms with van der Waals surface area (Å²) in [6.07, 6.45) is 6.74. The molecule has 0 aromatic heterocycles. The van der Waals surface area contributed by atoms with Gasteiger partial charge in [-0.2, -0.15) is 0 Å². The largest absolute Gasteiger partial charge is 0.325 e. The number of hydrogen-bond acceptors (Lipinski definition) is 1. The molecule has 2 heteroatoms. The van der Waals surface area contributed by atoms with Gasteiger partial charge in [0.15, 0.2) is 0 Å². The fourth-order valence-electron chi connectivity index (χ4n) is 2.30. The molecule has 0 saturated carbocycles. The van der Waals surface area contributed by atoms with Crippen LogP contribution in [0, 0.1) is 0 Å². The highest BCUT2D eigenvalue weighted by atomic mass is 79.9. The molecule has 2 aliphatic rings. The number of hydrogen-bond donors (Lipinski definition) is 0. The first kappa shape index (κ1) is 9.91. The lowest BCUT2D eigenvalue weighted by molar-refractivity contribution is 0.947. The van der Waals surface area contributed by atoms with Crippen LogP contribution in [0.15, 0.2) is 64.3 Å². The Balaban J connectivity index is 2.04. The second-order valence-corrected chi connectivity index (χ2v) is 4.98. The SMILES string of the molecule is CC1=CC2C(=C1)C=C(Br)N2c1ccccc1. The lowest BCUT2D eigenvalue weighted by Gasteiger charge is -2.25. The monoisotopic (exact) mass is 273 g/mol. The fraction of sp³-hybridized carbons (Fsp3) is 0.143. The molecule has 80 valence electrons. The number of allylic oxidation sites excluding steroid dienone is 2. The Morgan fingerprint density at radius 3 is 2.62 bits per heavy atom. The average molecular weight is 274 g/mol. The van der Waals surface area contributed by atoms with E-state index in [1.54, 1.807) is 0 Å². The minimum absolute atomic E-state index is 0.372. The molecule has 1 aromatic carbocycles. The Morgan fingerprint density at radius 2 is 1.88 bits per heavy atom. The van der Waals surface area contributed by atoms with E-state index in [2.05, 4.69) is 70.2 Å². The van der Waals surface area contributed by atoms with Crippen molar-refractivity contribution >= 4 is 21.6 Å². The van der Waals surface area contributed by atoms with Crippen molar-refractivity contribution in [2.75, 3.05) is 4.90 Å². The van der Waals surface area contributed by atoms with Crippen molar-refractivity contribution in [3.05, 3.63) is 64.3 Å². The van der Waals surface area contributed by atoms with Crippen LogP contribution in [0.3, 0.4) is 0 Å². The van der Waals surface area contributed by atoms with E-state index < -0.39 is 0 Å². The second-order valence-electron chi connectivity index (χ2n) is 4.17. The highest BCUT2D eigenvalue weighted by Crippen LogP contribution is 2.39. The van der Waals surface area contributed by atoms with Crippen LogP contribution in [0.5, 0.6) is 0 Å². The number of rotatable bonds is 1. The lowest BCUT2D eigenvalue weighted by Crippen LogP contribution is -2.26. The van der Waals surface area contributed by atoms with Crippen LogP contribution in [0.1, 0.15) is 6.92 Å². The molecular formula is C14H12BrN. The van der Waals surface area contributed by atoms with Gasteiger partial charge in [0.1, 0.15) is 0 Å². The molecule has 1 aromatic rings. The number of para-hydroxylation sites is 1. The van der Waals surface area contributed by atoms with E-state index in [9.17, 15) is 0 Å². The Labute approximate surface area is 104 Å². The van der Waals surface area contributed by atoms with Crippen LogP contribution >= 0.6 is 15.9 Å². The van der Waals surface area contributed by atoms with Crippen LogP contribution in [0.25, 0.3) is 0 Å². The van der Waals surface area contributed by atoms with Gasteiger partial charge in [-0.1, -0.05) is 35.9 Å². The van der Waals surface area contributed by atoms with Gasteiger partial charge >= 0.3 is 0 Å². The van der Waals surface area contributed by atoms with Gasteiger partial charge in [0.05, 0.1) is 10.6 Å². The molecule has 0 saturated heterocycles. The van der Waals surface area contributed by atoms with Crippen molar-refractivity contribution in [1.29, 1.82) is 0 Å². The number of fused-ring (bicyclic) bond motifs is 1. The highest BCUT2D eigenvalue weighted by molar-refractivity contribution is 9.11. The highest BCUT2D eigenvalue weighted by Gasteiger charge is 2.30. The standard InChI is InChI=1S/C14H12BrN/c1-10-7-11-9-14(15)16(13(11)8-10)12-5-3-2-4-6-12/h2-9,13H,1H3. The van der Waals surface area contributed by atoms with Crippen molar-refractivity contribution in [3.8, 4) is 0 Å². The third-order valence-corrected chi connectivity index (χ3v) is 3.60. The van der Waals surface area contributed by atoms with Crippen molar-refractivity contribution in [2.24, 2.45) is 0 Å². The maximum Gasteiger partial charge on any atom is 0.0862 e. The van der Waals surface area contributed by atoms with E-state index in [1.165, 1.54) is 16.8 Å². The summed E-state index contributed by atoms with van der Waals surface area (Å²) in [6.45, 7) is 2.15. The summed E-state index contributed by atoms with van der Waals surface area (Å²) in [6, 6.07) is 10.8. The van der Waals surface area contributed by atoms with E-state index in [4.69, 9.17) is 0 Å². The molecule has 0 spiro atoms. The lowest BCUT2D eigenvalue weighted by atomic mass is 10.1. The topological polar surface area (TPSA) is 3.24 Å². The van der Waals surface area contributed by atoms with E-state index in [0.717, 1.165) is 4.61 Å². The molecule has 3 rings (SSSR count). The van der Waals surface area contributed by atoms with Gasteiger partial charge in [0.2, 0.25) is 0 Å². The quantitative estimate of drug-likeness (QED) is 0.700. The van der Waals surface area contributed by atoms with Gasteiger partial charge in [-0.3, -0.25) is 0 Å². The molecular weight excluding hydrogens is 262 g/mol. The minimum Gasteiger partial charge on any atom is -0.325 e. The molecule has 1 nitrogen and oxygen atoms in total. The van der Waals surface area contributed by atoms with Gasteiger partial charge in [-0.05, 0) is 46.6 Å². The number of nitrogens with zero attached hydrogens (tertiary/aromatic N) is 1. The molecule has 0 radical (unpaired) electrons. The predicted octanol–water partition coefficient (Wildman–Crippen LogP) is 4.00. The van der Waals surface area contributed by atoms with Gasteiger partial charge < -0.3 is 4.90 Å². The molecule has 1 unspecified atom stereocenters. The smallest absolute Gasteiger partial charge is 0.0862 e. The Bertz CT molecular complexity index is 511. The number of benzene rings is 1. The maximum absolute atomic E-state index is 3.63. The van der Waals surface area contributed by atoms with E-state index in [1.807, 2.05) is 6.07 Å². The van der Waals surface area contributed by atoms with Gasteiger partial charge in [-0.25, -0.2) is 0 Å². The van der Waals surface area contributed by atoms with Crippen molar-refractivity contribution < 1.29 is 0 Å². The molecule has 0 N–H and O–H groups in total. The fourth-order valence-corrected chi connectivity index (χ4v) is 2.99. The molecule has 0 fully saturated rings. The molecule has 0 amide bonds. The summed E-state index contributed by atoms with van der Waals surface area (Å²) in [5.74, 6) is 0. The first-order valence-corrected chi connectivity index (χ1v) is 6.16. The summed E-state index contributed by atoms with van der Waals surface area (Å²) in [4.78, 5) is 2.31. The number of anilines is 1. The number of halogens is 1. The van der Waals surface area contributed by atoms with Gasteiger partial charge in [0, 0.05) is 5.69 Å². The zero-order valence-corrected chi connectivity index (χ0v) is 10.6. The third-order valence-electron chi connectivity index (χ3n) is 2.99. The normalized spacial score (nSPS) is 22.8. The molecule has 0 bridgehead atoms. The summed E-state index contributed by atoms with van der Waals surface area (Å²) in [7, 11) is 0. The van der Waals surface area contributed by atoms with Crippen LogP contribution in [-0.4, -0.2) is 6.04 Å². The zero-order chi connectivity index (χ0) is 11.1. The molecule has 1 aliphatic heterocycles. The van der Waals surface area contributed by atoms with Crippen molar-refractivity contribution in [1.82, 2.24) is 0 Å². The summed E-state index contributed by atoms with van der Waals surface area (Å²) in [5, 5.41) is 0. The molecule has 1 aliphatic carbocycles. The second kappa shape index (κ2) is 3.63. The molecule has 1 heterocycles. The van der Waals surface area contributed by atoms with Crippen molar-refractivity contribution in [3.63, 3.8) is 0 Å². The van der Waals surface area contributed by atoms with Crippen molar-refractivity contribution in [2.45, 2.75) is 13.0 Å². The van der Waals surface area contributed by atoms with Crippen LogP contribution < -0.4 is 4.90 Å². The maximum atomic E-state index is 3.63. The summed E-state index contributed by atoms with van der Waals surface area (Å²) in [5.41, 5.74) is 3.94. The van der Waals surface area contributed by atoms with E-state index in [-0.39, 0.29) is 0 Å². The van der Waals surface area contributed by atoms with E-state index in [0.29, 0.717) is 6.04 Å². The Morgan fingerprint density at radius 1 is 1.12 bits per heavy atom. The van der Waals surface area contributed by atoms with Crippen LogP contribution in [0.2, 0.25) is 0 Å². The minimum atomic E-state index is 0.372. The Hall–Kier alpha value is -1.28. The van der Waals surface area contributed by atoms with Crippen LogP contribution in [-0.2, 0) is 0 Å². The summed E-state index contributed by atoms with van der Waals surface area (Å²) < 4.78 is 1.14. The average Bonchev–Trinajstić information content (AvgIpc) is 2.74. The first-order chi connectivity index (χ1) is 7.75. The van der Waals surface area contributed by atoms with Crippen LogP contribution in [0.4, 0.5) is 5.69 Å². The first-order valence-electron chi connectivity index (χ1n) is 5.37. The Kier molecular flexibility index (Phi) is 2.25. The summed E-state index contributed by atoms with van der Waals surface area (Å²) >= 11 is 3.63. The molecule has 16 heavy (non-hydrogen) atoms. The predicted molar refractivity (Wildman–Crippen MR) is 71.6 cm³/mol. The third kappa shape index (κ3) is 1.45.